The summed E-state index contributed by atoms with van der Waals surface area (Å²) in [4.78, 5) is 20.4. The standard InChI is InChI=1S/C13H14N4O2S/c1-8-5-4-6-10(15-8)14-7-9-11(18)16(2)13(20)17(3)12(9)19/h4-7,18H,1-3H3/b14-7+. The van der Waals surface area contributed by atoms with Gasteiger partial charge in [0.05, 0.1) is 0 Å². The molecule has 20 heavy (non-hydrogen) atoms. The van der Waals surface area contributed by atoms with Crippen molar-refractivity contribution in [3.8, 4) is 5.88 Å². The summed E-state index contributed by atoms with van der Waals surface area (Å²) in [7, 11) is 3.13. The molecule has 1 N–H and O–H groups in total. The second-order valence-electron chi connectivity index (χ2n) is 4.34. The van der Waals surface area contributed by atoms with Gasteiger partial charge in [-0.3, -0.25) is 13.9 Å². The predicted molar refractivity (Wildman–Crippen MR) is 79.4 cm³/mol. The van der Waals surface area contributed by atoms with E-state index in [9.17, 15) is 9.90 Å². The van der Waals surface area contributed by atoms with Gasteiger partial charge in [-0.15, -0.1) is 0 Å². The molecule has 0 aliphatic carbocycles. The molecule has 7 heteroatoms. The maximum atomic E-state index is 12.1. The van der Waals surface area contributed by atoms with Crippen LogP contribution in [0, 0.1) is 11.7 Å². The van der Waals surface area contributed by atoms with Crippen molar-refractivity contribution in [3.05, 3.63) is 44.6 Å². The van der Waals surface area contributed by atoms with E-state index in [0.717, 1.165) is 5.69 Å². The molecule has 0 saturated carbocycles. The van der Waals surface area contributed by atoms with Gasteiger partial charge in [-0.05, 0) is 31.3 Å². The van der Waals surface area contributed by atoms with E-state index in [1.807, 2.05) is 19.1 Å². The molecule has 0 spiro atoms. The van der Waals surface area contributed by atoms with E-state index < -0.39 is 5.56 Å². The molecule has 0 aliphatic heterocycles. The van der Waals surface area contributed by atoms with Gasteiger partial charge in [-0.2, -0.15) is 0 Å². The fourth-order valence-electron chi connectivity index (χ4n) is 1.70. The first kappa shape index (κ1) is 14.1. The lowest BCUT2D eigenvalue weighted by atomic mass is 10.3. The minimum atomic E-state index is -0.401. The molecular weight excluding hydrogens is 276 g/mol. The Hall–Kier alpha value is -2.28. The lowest BCUT2D eigenvalue weighted by Gasteiger charge is -2.08. The molecule has 0 aromatic carbocycles. The molecule has 0 fully saturated rings. The molecule has 0 radical (unpaired) electrons. The van der Waals surface area contributed by atoms with Gasteiger partial charge in [0.15, 0.2) is 10.6 Å². The van der Waals surface area contributed by atoms with Gasteiger partial charge in [0.1, 0.15) is 5.56 Å². The van der Waals surface area contributed by atoms with Crippen LogP contribution in [0.15, 0.2) is 28.0 Å². The van der Waals surface area contributed by atoms with Gasteiger partial charge in [-0.1, -0.05) is 6.07 Å². The molecule has 0 unspecified atom stereocenters. The second kappa shape index (κ2) is 5.38. The largest absolute Gasteiger partial charge is 0.494 e. The van der Waals surface area contributed by atoms with Crippen molar-refractivity contribution in [1.82, 2.24) is 14.1 Å². The Morgan fingerprint density at radius 1 is 1.35 bits per heavy atom. The van der Waals surface area contributed by atoms with E-state index in [4.69, 9.17) is 12.2 Å². The minimum absolute atomic E-state index is 0.0758. The first-order chi connectivity index (χ1) is 9.41. The Morgan fingerprint density at radius 3 is 2.70 bits per heavy atom. The SMILES string of the molecule is Cc1cccc(/N=C/c2c(O)n(C)c(=S)n(C)c2=O)n1. The summed E-state index contributed by atoms with van der Waals surface area (Å²) in [6.07, 6.45) is 1.30. The zero-order valence-corrected chi connectivity index (χ0v) is 12.2. The summed E-state index contributed by atoms with van der Waals surface area (Å²) >= 11 is 5.03. The smallest absolute Gasteiger partial charge is 0.266 e. The van der Waals surface area contributed by atoms with Crippen LogP contribution in [0.5, 0.6) is 5.88 Å². The Kier molecular flexibility index (Phi) is 3.80. The molecule has 2 aromatic heterocycles. The Balaban J connectivity index is 2.55. The Labute approximate surface area is 120 Å². The van der Waals surface area contributed by atoms with Crippen LogP contribution in [0.3, 0.4) is 0 Å². The summed E-state index contributed by atoms with van der Waals surface area (Å²) in [6.45, 7) is 1.85. The van der Waals surface area contributed by atoms with Gasteiger partial charge in [0.25, 0.3) is 5.56 Å². The fraction of sp³-hybridized carbons (Fsp3) is 0.231. The zero-order chi connectivity index (χ0) is 14.9. The van der Waals surface area contributed by atoms with Crippen LogP contribution in [0.1, 0.15) is 11.3 Å². The molecular formula is C13H14N4O2S. The maximum Gasteiger partial charge on any atom is 0.266 e. The average molecular weight is 290 g/mol. The van der Waals surface area contributed by atoms with E-state index in [1.165, 1.54) is 15.3 Å². The summed E-state index contributed by atoms with van der Waals surface area (Å²) in [5.41, 5.74) is 0.497. The number of aryl methyl sites for hydroxylation is 1. The average Bonchev–Trinajstić information content (AvgIpc) is 2.43. The maximum absolute atomic E-state index is 12.1. The second-order valence-corrected chi connectivity index (χ2v) is 4.70. The number of aliphatic imine (C=N–C) groups is 1. The summed E-state index contributed by atoms with van der Waals surface area (Å²) in [6, 6.07) is 5.38. The fourth-order valence-corrected chi connectivity index (χ4v) is 1.87. The van der Waals surface area contributed by atoms with Crippen molar-refractivity contribution in [1.29, 1.82) is 0 Å². The highest BCUT2D eigenvalue weighted by Crippen LogP contribution is 2.12. The van der Waals surface area contributed by atoms with Crippen molar-refractivity contribution in [2.75, 3.05) is 0 Å². The van der Waals surface area contributed by atoms with Gasteiger partial charge >= 0.3 is 0 Å². The van der Waals surface area contributed by atoms with Crippen LogP contribution >= 0.6 is 12.2 Å². The van der Waals surface area contributed by atoms with Gasteiger partial charge in [0, 0.05) is 26.0 Å². The molecule has 0 saturated heterocycles. The quantitative estimate of drug-likeness (QED) is 0.674. The minimum Gasteiger partial charge on any atom is -0.494 e. The molecule has 0 atom stereocenters. The van der Waals surface area contributed by atoms with E-state index in [2.05, 4.69) is 9.98 Å². The van der Waals surface area contributed by atoms with Crippen LogP contribution in [-0.4, -0.2) is 25.4 Å². The van der Waals surface area contributed by atoms with E-state index in [1.54, 1.807) is 20.2 Å². The van der Waals surface area contributed by atoms with Gasteiger partial charge < -0.3 is 5.11 Å². The van der Waals surface area contributed by atoms with Crippen LogP contribution in [-0.2, 0) is 14.1 Å². The Morgan fingerprint density at radius 2 is 2.05 bits per heavy atom. The number of nitrogens with zero attached hydrogens (tertiary/aromatic N) is 4. The van der Waals surface area contributed by atoms with Crippen molar-refractivity contribution in [2.45, 2.75) is 6.92 Å². The molecule has 0 aliphatic rings. The number of hydrogen-bond donors (Lipinski definition) is 1. The van der Waals surface area contributed by atoms with E-state index in [-0.39, 0.29) is 16.2 Å². The first-order valence-corrected chi connectivity index (χ1v) is 6.29. The number of hydrogen-bond acceptors (Lipinski definition) is 5. The summed E-state index contributed by atoms with van der Waals surface area (Å²) in [5.74, 6) is 0.256. The number of aromatic nitrogens is 3. The van der Waals surface area contributed by atoms with Crippen molar-refractivity contribution in [3.63, 3.8) is 0 Å². The lowest BCUT2D eigenvalue weighted by Crippen LogP contribution is -2.25. The molecule has 0 bridgehead atoms. The van der Waals surface area contributed by atoms with Gasteiger partial charge in [0.2, 0.25) is 5.88 Å². The third kappa shape index (κ3) is 2.53. The van der Waals surface area contributed by atoms with Crippen LogP contribution in [0.4, 0.5) is 5.82 Å². The summed E-state index contributed by atoms with van der Waals surface area (Å²) in [5, 5.41) is 9.99. The van der Waals surface area contributed by atoms with Crippen molar-refractivity contribution >= 4 is 24.3 Å². The molecule has 2 heterocycles. The van der Waals surface area contributed by atoms with Crippen LogP contribution in [0.2, 0.25) is 0 Å². The van der Waals surface area contributed by atoms with Crippen LogP contribution in [0.25, 0.3) is 0 Å². The third-order valence-corrected chi connectivity index (χ3v) is 3.41. The highest BCUT2D eigenvalue weighted by Gasteiger charge is 2.11. The summed E-state index contributed by atoms with van der Waals surface area (Å²) < 4.78 is 2.86. The molecule has 2 rings (SSSR count). The highest BCUT2D eigenvalue weighted by molar-refractivity contribution is 7.71. The van der Waals surface area contributed by atoms with E-state index in [0.29, 0.717) is 5.82 Å². The zero-order valence-electron chi connectivity index (χ0n) is 11.4. The molecule has 0 amide bonds. The third-order valence-electron chi connectivity index (χ3n) is 2.87. The topological polar surface area (TPSA) is 72.4 Å². The molecule has 6 nitrogen and oxygen atoms in total. The lowest BCUT2D eigenvalue weighted by molar-refractivity contribution is 0.415. The molecule has 2 aromatic rings. The highest BCUT2D eigenvalue weighted by atomic mass is 32.1. The first-order valence-electron chi connectivity index (χ1n) is 5.88. The monoisotopic (exact) mass is 290 g/mol. The van der Waals surface area contributed by atoms with Crippen molar-refractivity contribution < 1.29 is 5.11 Å². The number of rotatable bonds is 2. The number of aromatic hydroxyl groups is 1. The number of pyridine rings is 1. The predicted octanol–water partition coefficient (Wildman–Crippen LogP) is 1.61. The van der Waals surface area contributed by atoms with E-state index >= 15 is 0 Å². The van der Waals surface area contributed by atoms with Gasteiger partial charge in [-0.25, -0.2) is 9.98 Å². The van der Waals surface area contributed by atoms with Crippen LogP contribution < -0.4 is 5.56 Å². The normalized spacial score (nSPS) is 11.2. The molecule has 104 valence electrons. The van der Waals surface area contributed by atoms with Crippen molar-refractivity contribution in [2.24, 2.45) is 19.1 Å². The Bertz CT molecular complexity index is 805.